The highest BCUT2D eigenvalue weighted by molar-refractivity contribution is 5.95. The summed E-state index contributed by atoms with van der Waals surface area (Å²) in [5.74, 6) is -3.94. The molecule has 0 bridgehead atoms. The van der Waals surface area contributed by atoms with Crippen LogP contribution in [-0.4, -0.2) is 29.1 Å². The Labute approximate surface area is 160 Å². The average Bonchev–Trinajstić information content (AvgIpc) is 2.88. The summed E-state index contributed by atoms with van der Waals surface area (Å²) in [5, 5.41) is 11.6. The van der Waals surface area contributed by atoms with Crippen molar-refractivity contribution in [1.29, 1.82) is 0 Å². The van der Waals surface area contributed by atoms with Crippen LogP contribution in [0.1, 0.15) is 47.1 Å². The van der Waals surface area contributed by atoms with Gasteiger partial charge in [0.25, 0.3) is 5.91 Å². The largest absolute Gasteiger partial charge is 0.487 e. The molecule has 8 heteroatoms. The first-order valence-electron chi connectivity index (χ1n) is 8.65. The summed E-state index contributed by atoms with van der Waals surface area (Å²) in [6.45, 7) is 5.51. The first kappa shape index (κ1) is 19.6. The molecule has 0 aliphatic carbocycles. The number of amides is 1. The second-order valence-corrected chi connectivity index (χ2v) is 7.02. The topological polar surface area (TPSA) is 84.9 Å². The van der Waals surface area contributed by atoms with E-state index in [2.05, 4.69) is 5.32 Å². The molecular formula is C20H19F2NO5. The van der Waals surface area contributed by atoms with Crippen molar-refractivity contribution < 1.29 is 33.0 Å². The van der Waals surface area contributed by atoms with Gasteiger partial charge in [-0.1, -0.05) is 0 Å². The van der Waals surface area contributed by atoms with Gasteiger partial charge in [-0.15, -0.1) is 0 Å². The number of carboxylic acids is 1. The molecule has 0 spiro atoms. The molecular weight excluding hydrogens is 372 g/mol. The fourth-order valence-corrected chi connectivity index (χ4v) is 3.06. The summed E-state index contributed by atoms with van der Waals surface area (Å²) in [6.07, 6.45) is 0.430. The lowest BCUT2D eigenvalue weighted by Crippen LogP contribution is -2.25. The smallest absolute Gasteiger partial charge is 0.335 e. The monoisotopic (exact) mass is 391 g/mol. The van der Waals surface area contributed by atoms with Gasteiger partial charge >= 0.3 is 5.97 Å². The van der Waals surface area contributed by atoms with Gasteiger partial charge in [0.2, 0.25) is 0 Å². The zero-order valence-corrected chi connectivity index (χ0v) is 15.6. The molecule has 1 amide bonds. The maximum Gasteiger partial charge on any atom is 0.335 e. The Hall–Kier alpha value is -3.16. The molecule has 0 aromatic heterocycles. The lowest BCUT2D eigenvalue weighted by atomic mass is 10.00. The molecule has 1 aliphatic heterocycles. The van der Waals surface area contributed by atoms with Crippen LogP contribution in [0.3, 0.4) is 0 Å². The number of hydrogen-bond acceptors (Lipinski definition) is 4. The van der Waals surface area contributed by atoms with Crippen molar-refractivity contribution >= 4 is 11.9 Å². The fourth-order valence-electron chi connectivity index (χ4n) is 3.06. The first-order chi connectivity index (χ1) is 13.1. The van der Waals surface area contributed by atoms with Gasteiger partial charge < -0.3 is 19.9 Å². The summed E-state index contributed by atoms with van der Waals surface area (Å²) in [7, 11) is 0. The highest BCUT2D eigenvalue weighted by atomic mass is 19.1. The maximum absolute atomic E-state index is 14.3. The Morgan fingerprint density at radius 2 is 1.86 bits per heavy atom. The molecule has 0 fully saturated rings. The van der Waals surface area contributed by atoms with Crippen LogP contribution in [0.25, 0.3) is 0 Å². The lowest BCUT2D eigenvalue weighted by Gasteiger charge is -2.16. The molecule has 28 heavy (non-hydrogen) atoms. The van der Waals surface area contributed by atoms with Crippen LogP contribution in [0.4, 0.5) is 8.78 Å². The van der Waals surface area contributed by atoms with Crippen molar-refractivity contribution in [1.82, 2.24) is 5.32 Å². The van der Waals surface area contributed by atoms with Gasteiger partial charge in [-0.2, -0.15) is 0 Å². The highest BCUT2D eigenvalue weighted by Crippen LogP contribution is 2.43. The minimum atomic E-state index is -1.19. The zero-order chi connectivity index (χ0) is 20.6. The predicted octanol–water partition coefficient (Wildman–Crippen LogP) is 3.92. The zero-order valence-electron chi connectivity index (χ0n) is 15.6. The third-order valence-electron chi connectivity index (χ3n) is 4.21. The SMILES string of the molecule is CCNC(=O)c1c(F)cc(Oc2cc(C(=O)O)cc3c2CC(C)(C)O3)cc1F. The molecule has 0 saturated heterocycles. The van der Waals surface area contributed by atoms with Crippen molar-refractivity contribution in [3.05, 3.63) is 52.6 Å². The van der Waals surface area contributed by atoms with Gasteiger partial charge in [-0.25, -0.2) is 13.6 Å². The van der Waals surface area contributed by atoms with Crippen molar-refractivity contribution in [2.45, 2.75) is 32.8 Å². The number of halogens is 2. The van der Waals surface area contributed by atoms with E-state index in [0.29, 0.717) is 17.7 Å². The van der Waals surface area contributed by atoms with Crippen LogP contribution in [-0.2, 0) is 6.42 Å². The van der Waals surface area contributed by atoms with E-state index >= 15 is 0 Å². The van der Waals surface area contributed by atoms with Crippen molar-refractivity contribution in [2.24, 2.45) is 0 Å². The molecule has 6 nitrogen and oxygen atoms in total. The van der Waals surface area contributed by atoms with Crippen LogP contribution in [0.15, 0.2) is 24.3 Å². The number of ether oxygens (including phenoxy) is 2. The standard InChI is InChI=1S/C20H19F2NO5/c1-4-23-18(24)17-13(21)7-11(8-14(17)22)27-15-5-10(19(25)26)6-16-12(15)9-20(2,3)28-16/h5-8H,4,9H2,1-3H3,(H,23,24)(H,25,26). The van der Waals surface area contributed by atoms with E-state index < -0.39 is 34.7 Å². The number of hydrogen-bond donors (Lipinski definition) is 2. The molecule has 148 valence electrons. The number of fused-ring (bicyclic) bond motifs is 1. The van der Waals surface area contributed by atoms with Gasteiger partial charge in [-0.3, -0.25) is 4.79 Å². The van der Waals surface area contributed by atoms with E-state index in [1.54, 1.807) is 6.92 Å². The summed E-state index contributed by atoms with van der Waals surface area (Å²) in [5.41, 5.74) is -0.756. The predicted molar refractivity (Wildman–Crippen MR) is 96.3 cm³/mol. The number of benzene rings is 2. The van der Waals surface area contributed by atoms with E-state index in [-0.39, 0.29) is 23.6 Å². The van der Waals surface area contributed by atoms with E-state index in [9.17, 15) is 23.5 Å². The Morgan fingerprint density at radius 3 is 2.43 bits per heavy atom. The number of aromatic carboxylic acids is 1. The lowest BCUT2D eigenvalue weighted by molar-refractivity contribution is 0.0694. The molecule has 2 aromatic rings. The first-order valence-corrected chi connectivity index (χ1v) is 8.65. The molecule has 2 N–H and O–H groups in total. The number of carbonyl (C=O) groups excluding carboxylic acids is 1. The van der Waals surface area contributed by atoms with Crippen LogP contribution in [0.5, 0.6) is 17.2 Å². The molecule has 1 aliphatic rings. The summed E-state index contributed by atoms with van der Waals surface area (Å²) < 4.78 is 39.9. The highest BCUT2D eigenvalue weighted by Gasteiger charge is 2.34. The van der Waals surface area contributed by atoms with Gasteiger partial charge in [-0.05, 0) is 32.9 Å². The molecule has 3 rings (SSSR count). The second kappa shape index (κ2) is 7.10. The van der Waals surface area contributed by atoms with Gasteiger partial charge in [0, 0.05) is 30.7 Å². The maximum atomic E-state index is 14.3. The molecule has 2 aromatic carbocycles. The molecule has 0 saturated carbocycles. The van der Waals surface area contributed by atoms with Crippen molar-refractivity contribution in [2.75, 3.05) is 6.54 Å². The summed E-state index contributed by atoms with van der Waals surface area (Å²) >= 11 is 0. The van der Waals surface area contributed by atoms with Crippen LogP contribution in [0.2, 0.25) is 0 Å². The van der Waals surface area contributed by atoms with Crippen LogP contribution >= 0.6 is 0 Å². The van der Waals surface area contributed by atoms with Gasteiger partial charge in [0.05, 0.1) is 5.56 Å². The number of rotatable bonds is 5. The number of carboxylic acid groups (broad SMARTS) is 1. The minimum Gasteiger partial charge on any atom is -0.487 e. The molecule has 0 unspecified atom stereocenters. The van der Waals surface area contributed by atoms with Gasteiger partial charge in [0.1, 0.15) is 40.0 Å². The average molecular weight is 391 g/mol. The third kappa shape index (κ3) is 3.76. The Bertz CT molecular complexity index is 948. The van der Waals surface area contributed by atoms with Crippen LogP contribution < -0.4 is 14.8 Å². The Morgan fingerprint density at radius 1 is 1.21 bits per heavy atom. The second-order valence-electron chi connectivity index (χ2n) is 7.02. The van der Waals surface area contributed by atoms with E-state index in [0.717, 1.165) is 12.1 Å². The molecule has 0 atom stereocenters. The van der Waals surface area contributed by atoms with Gasteiger partial charge in [0.15, 0.2) is 0 Å². The quantitative estimate of drug-likeness (QED) is 0.807. The van der Waals surface area contributed by atoms with Crippen molar-refractivity contribution in [3.8, 4) is 17.2 Å². The third-order valence-corrected chi connectivity index (χ3v) is 4.21. The van der Waals surface area contributed by atoms with E-state index in [1.165, 1.54) is 12.1 Å². The molecule has 1 heterocycles. The van der Waals surface area contributed by atoms with Crippen molar-refractivity contribution in [3.63, 3.8) is 0 Å². The fraction of sp³-hybridized carbons (Fsp3) is 0.300. The number of nitrogens with one attached hydrogen (secondary N) is 1. The Balaban J connectivity index is 2.01. The van der Waals surface area contributed by atoms with E-state index in [1.807, 2.05) is 13.8 Å². The minimum absolute atomic E-state index is 0.0775. The van der Waals surface area contributed by atoms with E-state index in [4.69, 9.17) is 9.47 Å². The number of carbonyl (C=O) groups is 2. The normalized spacial score (nSPS) is 14.2. The van der Waals surface area contributed by atoms with Crippen LogP contribution in [0, 0.1) is 11.6 Å². The summed E-state index contributed by atoms with van der Waals surface area (Å²) in [4.78, 5) is 23.2. The summed E-state index contributed by atoms with van der Waals surface area (Å²) in [6, 6.07) is 4.43. The molecule has 0 radical (unpaired) electrons. The Kier molecular flexibility index (Phi) is 4.97.